The molecule has 1 saturated heterocycles. The summed E-state index contributed by atoms with van der Waals surface area (Å²) in [5, 5.41) is 2.44. The van der Waals surface area contributed by atoms with Crippen LogP contribution in [-0.4, -0.2) is 26.1 Å². The molecule has 1 fully saturated rings. The van der Waals surface area contributed by atoms with Crippen molar-refractivity contribution in [2.45, 2.75) is 12.5 Å². The van der Waals surface area contributed by atoms with Gasteiger partial charge in [-0.1, -0.05) is 6.07 Å². The van der Waals surface area contributed by atoms with E-state index in [1.54, 1.807) is 18.2 Å². The molecule has 3 rings (SSSR count). The number of methoxy groups -OCH3 is 1. The fraction of sp³-hybridized carbons (Fsp3) is 0.278. The second kappa shape index (κ2) is 7.76. The first-order chi connectivity index (χ1) is 12.5. The van der Waals surface area contributed by atoms with Gasteiger partial charge in [-0.2, -0.15) is 0 Å². The highest BCUT2D eigenvalue weighted by Gasteiger charge is 2.21. The molecule has 26 heavy (non-hydrogen) atoms. The van der Waals surface area contributed by atoms with Crippen LogP contribution in [-0.2, 0) is 6.54 Å². The van der Waals surface area contributed by atoms with Gasteiger partial charge in [0.05, 0.1) is 7.11 Å². The molecule has 1 aliphatic heterocycles. The summed E-state index contributed by atoms with van der Waals surface area (Å²) in [4.78, 5) is 12.3. The molecule has 0 aromatic heterocycles. The molecule has 138 valence electrons. The summed E-state index contributed by atoms with van der Waals surface area (Å²) in [6.45, 7) is 1.09. The van der Waals surface area contributed by atoms with E-state index in [-0.39, 0.29) is 5.92 Å². The zero-order valence-electron chi connectivity index (χ0n) is 14.0. The Morgan fingerprint density at radius 2 is 1.81 bits per heavy atom. The van der Waals surface area contributed by atoms with E-state index in [0.29, 0.717) is 23.4 Å². The number of rotatable bonds is 5. The van der Waals surface area contributed by atoms with Crippen molar-refractivity contribution < 1.29 is 22.7 Å². The number of halogens is 3. The SMILES string of the molecule is COc1cc(C(=O)NCc2c(F)cc(F)cc2F)ccc1C1CNNC1. The molecule has 1 amide bonds. The van der Waals surface area contributed by atoms with Crippen LogP contribution in [0.4, 0.5) is 13.2 Å². The molecule has 3 N–H and O–H groups in total. The summed E-state index contributed by atoms with van der Waals surface area (Å²) < 4.78 is 45.6. The largest absolute Gasteiger partial charge is 0.496 e. The monoisotopic (exact) mass is 365 g/mol. The average Bonchev–Trinajstić information content (AvgIpc) is 3.14. The number of hydrazine groups is 1. The average molecular weight is 365 g/mol. The molecule has 0 unspecified atom stereocenters. The number of amides is 1. The van der Waals surface area contributed by atoms with Crippen molar-refractivity contribution in [3.05, 3.63) is 64.5 Å². The minimum Gasteiger partial charge on any atom is -0.496 e. The maximum absolute atomic E-state index is 13.6. The van der Waals surface area contributed by atoms with E-state index < -0.39 is 35.5 Å². The lowest BCUT2D eigenvalue weighted by atomic mass is 9.97. The summed E-state index contributed by atoms with van der Waals surface area (Å²) in [7, 11) is 1.51. The van der Waals surface area contributed by atoms with Gasteiger partial charge < -0.3 is 10.1 Å². The first-order valence-corrected chi connectivity index (χ1v) is 8.05. The van der Waals surface area contributed by atoms with Gasteiger partial charge in [0.25, 0.3) is 5.91 Å². The van der Waals surface area contributed by atoms with E-state index in [9.17, 15) is 18.0 Å². The van der Waals surface area contributed by atoms with Crippen LogP contribution < -0.4 is 20.9 Å². The summed E-state index contributed by atoms with van der Waals surface area (Å²) in [5.41, 5.74) is 6.92. The molecule has 8 heteroatoms. The van der Waals surface area contributed by atoms with Crippen LogP contribution in [0.15, 0.2) is 30.3 Å². The quantitative estimate of drug-likeness (QED) is 0.761. The number of benzene rings is 2. The Labute approximate surface area is 148 Å². The van der Waals surface area contributed by atoms with Crippen molar-refractivity contribution in [3.63, 3.8) is 0 Å². The van der Waals surface area contributed by atoms with Crippen LogP contribution in [0, 0.1) is 17.5 Å². The highest BCUT2D eigenvalue weighted by molar-refractivity contribution is 5.94. The number of ether oxygens (including phenoxy) is 1. The van der Waals surface area contributed by atoms with Gasteiger partial charge in [-0.3, -0.25) is 15.6 Å². The number of nitrogens with one attached hydrogen (secondary N) is 3. The Hall–Kier alpha value is -2.58. The summed E-state index contributed by atoms with van der Waals surface area (Å²) >= 11 is 0. The Morgan fingerprint density at radius 1 is 1.15 bits per heavy atom. The fourth-order valence-electron chi connectivity index (χ4n) is 2.88. The fourth-order valence-corrected chi connectivity index (χ4v) is 2.88. The van der Waals surface area contributed by atoms with E-state index in [2.05, 4.69) is 16.2 Å². The zero-order chi connectivity index (χ0) is 18.7. The number of carbonyl (C=O) groups is 1. The predicted molar refractivity (Wildman–Crippen MR) is 89.2 cm³/mol. The maximum atomic E-state index is 13.6. The lowest BCUT2D eigenvalue weighted by Gasteiger charge is -2.15. The molecular formula is C18H18F3N3O2. The summed E-state index contributed by atoms with van der Waals surface area (Å²) in [5.74, 6) is -2.84. The van der Waals surface area contributed by atoms with Crippen LogP contribution in [0.5, 0.6) is 5.75 Å². The predicted octanol–water partition coefficient (Wildman–Crippen LogP) is 2.23. The molecule has 1 aliphatic rings. The third kappa shape index (κ3) is 3.81. The van der Waals surface area contributed by atoms with E-state index in [0.717, 1.165) is 18.7 Å². The van der Waals surface area contributed by atoms with Crippen molar-refractivity contribution in [1.29, 1.82) is 0 Å². The van der Waals surface area contributed by atoms with Crippen molar-refractivity contribution >= 4 is 5.91 Å². The minimum absolute atomic E-state index is 0.212. The van der Waals surface area contributed by atoms with Crippen molar-refractivity contribution in [3.8, 4) is 5.75 Å². The van der Waals surface area contributed by atoms with Gasteiger partial charge in [0.1, 0.15) is 23.2 Å². The molecule has 0 atom stereocenters. The zero-order valence-corrected chi connectivity index (χ0v) is 14.0. The molecule has 0 aliphatic carbocycles. The number of hydrogen-bond donors (Lipinski definition) is 3. The van der Waals surface area contributed by atoms with Crippen molar-refractivity contribution in [1.82, 2.24) is 16.2 Å². The third-order valence-corrected chi connectivity index (χ3v) is 4.29. The second-order valence-corrected chi connectivity index (χ2v) is 5.95. The molecule has 5 nitrogen and oxygen atoms in total. The van der Waals surface area contributed by atoms with Gasteiger partial charge >= 0.3 is 0 Å². The second-order valence-electron chi connectivity index (χ2n) is 5.95. The standard InChI is InChI=1S/C18H18F3N3O2/c1-26-17-4-10(2-3-13(17)11-7-23-24-8-11)18(25)22-9-14-15(20)5-12(19)6-16(14)21/h2-6,11,23-24H,7-9H2,1H3,(H,22,25). The van der Waals surface area contributed by atoms with Gasteiger partial charge in [0.15, 0.2) is 0 Å². The molecule has 0 radical (unpaired) electrons. The molecule has 0 spiro atoms. The molecule has 0 saturated carbocycles. The topological polar surface area (TPSA) is 62.4 Å². The normalized spacial score (nSPS) is 14.5. The van der Waals surface area contributed by atoms with Gasteiger partial charge in [-0.25, -0.2) is 13.2 Å². The maximum Gasteiger partial charge on any atom is 0.251 e. The Kier molecular flexibility index (Phi) is 5.43. The highest BCUT2D eigenvalue weighted by atomic mass is 19.1. The van der Waals surface area contributed by atoms with E-state index in [4.69, 9.17) is 4.74 Å². The molecule has 2 aromatic carbocycles. The Balaban J connectivity index is 1.74. The molecular weight excluding hydrogens is 347 g/mol. The van der Waals surface area contributed by atoms with Crippen molar-refractivity contribution in [2.75, 3.05) is 20.2 Å². The van der Waals surface area contributed by atoms with Crippen LogP contribution >= 0.6 is 0 Å². The van der Waals surface area contributed by atoms with Gasteiger partial charge in [0.2, 0.25) is 0 Å². The van der Waals surface area contributed by atoms with Crippen LogP contribution in [0.3, 0.4) is 0 Å². The Morgan fingerprint density at radius 3 is 2.42 bits per heavy atom. The van der Waals surface area contributed by atoms with Gasteiger partial charge in [-0.05, 0) is 17.7 Å². The third-order valence-electron chi connectivity index (χ3n) is 4.29. The number of carbonyl (C=O) groups excluding carboxylic acids is 1. The lowest BCUT2D eigenvalue weighted by molar-refractivity contribution is 0.0950. The number of hydrogen-bond acceptors (Lipinski definition) is 4. The van der Waals surface area contributed by atoms with E-state index in [1.165, 1.54) is 7.11 Å². The summed E-state index contributed by atoms with van der Waals surface area (Å²) in [6, 6.07) is 6.16. The lowest BCUT2D eigenvalue weighted by Crippen LogP contribution is -2.24. The van der Waals surface area contributed by atoms with Crippen molar-refractivity contribution in [2.24, 2.45) is 0 Å². The van der Waals surface area contributed by atoms with E-state index >= 15 is 0 Å². The Bertz CT molecular complexity index is 800. The first kappa shape index (κ1) is 18.2. The van der Waals surface area contributed by atoms with E-state index in [1.807, 2.05) is 0 Å². The molecule has 2 aromatic rings. The summed E-state index contributed by atoms with van der Waals surface area (Å²) in [6.07, 6.45) is 0. The van der Waals surface area contributed by atoms with Gasteiger partial charge in [0, 0.05) is 48.8 Å². The van der Waals surface area contributed by atoms with Gasteiger partial charge in [-0.15, -0.1) is 0 Å². The van der Waals surface area contributed by atoms with Crippen LogP contribution in [0.1, 0.15) is 27.4 Å². The highest BCUT2D eigenvalue weighted by Crippen LogP contribution is 2.28. The smallest absolute Gasteiger partial charge is 0.251 e. The molecule has 1 heterocycles. The molecule has 0 bridgehead atoms. The van der Waals surface area contributed by atoms with Crippen LogP contribution in [0.25, 0.3) is 0 Å². The minimum atomic E-state index is -1.04. The first-order valence-electron chi connectivity index (χ1n) is 8.05. The van der Waals surface area contributed by atoms with Crippen LogP contribution in [0.2, 0.25) is 0 Å².